The molecule has 1 aliphatic rings. The minimum atomic E-state index is 0.199. The number of pyridine rings is 1. The van der Waals surface area contributed by atoms with E-state index in [-0.39, 0.29) is 11.8 Å². The van der Waals surface area contributed by atoms with Gasteiger partial charge in [-0.05, 0) is 49.8 Å². The highest BCUT2D eigenvalue weighted by Gasteiger charge is 2.25. The first-order valence-corrected chi connectivity index (χ1v) is 8.97. The molecule has 4 heteroatoms. The lowest BCUT2D eigenvalue weighted by Gasteiger charge is -2.27. The Bertz CT molecular complexity index is 608. The van der Waals surface area contributed by atoms with Gasteiger partial charge in [0, 0.05) is 12.1 Å². The minimum Gasteiger partial charge on any atom is -0.350 e. The summed E-state index contributed by atoms with van der Waals surface area (Å²) in [6, 6.07) is 8.01. The number of hydrogen-bond acceptors (Lipinski definition) is 2. The molecule has 0 saturated heterocycles. The van der Waals surface area contributed by atoms with Crippen LogP contribution >= 0.6 is 0 Å². The quantitative estimate of drug-likeness (QED) is 0.878. The molecular weight excluding hydrogens is 286 g/mol. The van der Waals surface area contributed by atoms with Crippen LogP contribution in [-0.4, -0.2) is 15.5 Å². The summed E-state index contributed by atoms with van der Waals surface area (Å²) in [5.41, 5.74) is 1.98. The third-order valence-corrected chi connectivity index (χ3v) is 5.05. The number of unbranched alkanes of at least 4 members (excludes halogenated alkanes) is 1. The van der Waals surface area contributed by atoms with Crippen LogP contribution in [0.5, 0.6) is 0 Å². The molecule has 1 saturated carbocycles. The van der Waals surface area contributed by atoms with E-state index in [4.69, 9.17) is 0 Å². The molecule has 0 aliphatic heterocycles. The summed E-state index contributed by atoms with van der Waals surface area (Å²) in [6.45, 7) is 2.77. The molecule has 1 N–H and O–H groups in total. The molecule has 1 aliphatic carbocycles. The first-order chi connectivity index (χ1) is 11.3. The normalized spacial score (nSPS) is 21.4. The van der Waals surface area contributed by atoms with E-state index in [1.165, 1.54) is 32.1 Å². The Morgan fingerprint density at radius 1 is 1.30 bits per heavy atom. The number of nitrogens with one attached hydrogen (secondary N) is 1. The van der Waals surface area contributed by atoms with Crippen LogP contribution in [0.15, 0.2) is 30.5 Å². The van der Waals surface area contributed by atoms with E-state index >= 15 is 0 Å². The Kier molecular flexibility index (Phi) is 5.31. The molecule has 124 valence electrons. The average Bonchev–Trinajstić information content (AvgIpc) is 3.01. The highest BCUT2D eigenvalue weighted by Crippen LogP contribution is 2.31. The molecule has 2 aromatic heterocycles. The monoisotopic (exact) mass is 313 g/mol. The SMILES string of the molecule is CCCCC1CCC(C(=O)NCc2cc3ccccn3n2)CC1. The Morgan fingerprint density at radius 3 is 2.87 bits per heavy atom. The number of carbonyl (C=O) groups excluding carboxylic acids is 1. The first-order valence-electron chi connectivity index (χ1n) is 8.97. The fourth-order valence-corrected chi connectivity index (χ4v) is 3.61. The van der Waals surface area contributed by atoms with Gasteiger partial charge in [0.25, 0.3) is 0 Å². The molecule has 23 heavy (non-hydrogen) atoms. The Hall–Kier alpha value is -1.84. The lowest BCUT2D eigenvalue weighted by atomic mass is 9.79. The molecule has 1 amide bonds. The Morgan fingerprint density at radius 2 is 2.13 bits per heavy atom. The lowest BCUT2D eigenvalue weighted by molar-refractivity contribution is -0.126. The smallest absolute Gasteiger partial charge is 0.223 e. The van der Waals surface area contributed by atoms with Gasteiger partial charge >= 0.3 is 0 Å². The molecule has 3 rings (SSSR count). The average molecular weight is 313 g/mol. The van der Waals surface area contributed by atoms with Gasteiger partial charge in [-0.1, -0.05) is 32.3 Å². The molecule has 0 atom stereocenters. The second-order valence-corrected chi connectivity index (χ2v) is 6.78. The topological polar surface area (TPSA) is 46.4 Å². The van der Waals surface area contributed by atoms with Gasteiger partial charge < -0.3 is 5.32 Å². The summed E-state index contributed by atoms with van der Waals surface area (Å²) in [7, 11) is 0. The standard InChI is InChI=1S/C19H27N3O/c1-2-3-6-15-8-10-16(11-9-15)19(23)20-14-17-13-18-7-4-5-12-22(18)21-17/h4-5,7,12-13,15-16H,2-3,6,8-11,14H2,1H3,(H,20,23). The fraction of sp³-hybridized carbons (Fsp3) is 0.579. The molecule has 1 fully saturated rings. The highest BCUT2D eigenvalue weighted by atomic mass is 16.1. The Balaban J connectivity index is 1.46. The van der Waals surface area contributed by atoms with Gasteiger partial charge in [-0.3, -0.25) is 4.79 Å². The maximum Gasteiger partial charge on any atom is 0.223 e. The maximum absolute atomic E-state index is 12.4. The van der Waals surface area contributed by atoms with Crippen LogP contribution in [0.2, 0.25) is 0 Å². The van der Waals surface area contributed by atoms with Gasteiger partial charge in [0.2, 0.25) is 5.91 Å². The van der Waals surface area contributed by atoms with Crippen LogP contribution in [0.25, 0.3) is 5.52 Å². The second-order valence-electron chi connectivity index (χ2n) is 6.78. The van der Waals surface area contributed by atoms with Crippen LogP contribution in [0, 0.1) is 11.8 Å². The summed E-state index contributed by atoms with van der Waals surface area (Å²) < 4.78 is 1.85. The predicted octanol–water partition coefficient (Wildman–Crippen LogP) is 3.95. The van der Waals surface area contributed by atoms with Crippen LogP contribution < -0.4 is 5.32 Å². The number of nitrogens with zero attached hydrogens (tertiary/aromatic N) is 2. The lowest BCUT2D eigenvalue weighted by Crippen LogP contribution is -2.33. The number of fused-ring (bicyclic) bond motifs is 1. The van der Waals surface area contributed by atoms with E-state index in [9.17, 15) is 4.79 Å². The predicted molar refractivity (Wildman–Crippen MR) is 92.0 cm³/mol. The van der Waals surface area contributed by atoms with Gasteiger partial charge in [0.05, 0.1) is 17.8 Å². The fourth-order valence-electron chi connectivity index (χ4n) is 3.61. The van der Waals surface area contributed by atoms with Crippen molar-refractivity contribution in [3.63, 3.8) is 0 Å². The molecule has 0 bridgehead atoms. The largest absolute Gasteiger partial charge is 0.350 e. The zero-order chi connectivity index (χ0) is 16.1. The van der Waals surface area contributed by atoms with Gasteiger partial charge in [0.1, 0.15) is 0 Å². The van der Waals surface area contributed by atoms with Crippen molar-refractivity contribution < 1.29 is 4.79 Å². The van der Waals surface area contributed by atoms with Gasteiger partial charge in [-0.25, -0.2) is 4.52 Å². The van der Waals surface area contributed by atoms with E-state index < -0.39 is 0 Å². The molecule has 4 nitrogen and oxygen atoms in total. The van der Waals surface area contributed by atoms with Crippen LogP contribution in [-0.2, 0) is 11.3 Å². The molecule has 0 spiro atoms. The molecule has 0 aromatic carbocycles. The maximum atomic E-state index is 12.4. The number of aromatic nitrogens is 2. The van der Waals surface area contributed by atoms with E-state index in [2.05, 4.69) is 17.3 Å². The van der Waals surface area contributed by atoms with E-state index in [0.29, 0.717) is 6.54 Å². The van der Waals surface area contributed by atoms with Crippen molar-refractivity contribution in [1.29, 1.82) is 0 Å². The van der Waals surface area contributed by atoms with E-state index in [1.54, 1.807) is 0 Å². The van der Waals surface area contributed by atoms with Crippen LogP contribution in [0.3, 0.4) is 0 Å². The molecular formula is C19H27N3O. The highest BCUT2D eigenvalue weighted by molar-refractivity contribution is 5.78. The molecule has 0 radical (unpaired) electrons. The van der Waals surface area contributed by atoms with Crippen molar-refractivity contribution >= 4 is 11.4 Å². The summed E-state index contributed by atoms with van der Waals surface area (Å²) in [5, 5.41) is 7.55. The third-order valence-electron chi connectivity index (χ3n) is 5.05. The molecule has 2 aromatic rings. The second kappa shape index (κ2) is 7.62. The molecule has 2 heterocycles. The van der Waals surface area contributed by atoms with Crippen LogP contribution in [0.1, 0.15) is 57.6 Å². The summed E-state index contributed by atoms with van der Waals surface area (Å²) in [5.74, 6) is 1.25. The van der Waals surface area contributed by atoms with Gasteiger partial charge in [-0.15, -0.1) is 0 Å². The Labute approximate surface area is 138 Å². The number of carbonyl (C=O) groups is 1. The third kappa shape index (κ3) is 4.12. The summed E-state index contributed by atoms with van der Waals surface area (Å²) in [4.78, 5) is 12.4. The summed E-state index contributed by atoms with van der Waals surface area (Å²) >= 11 is 0. The zero-order valence-corrected chi connectivity index (χ0v) is 14.0. The van der Waals surface area contributed by atoms with Crippen molar-refractivity contribution in [2.75, 3.05) is 0 Å². The van der Waals surface area contributed by atoms with Crippen molar-refractivity contribution in [3.05, 3.63) is 36.2 Å². The number of rotatable bonds is 6. The molecule has 0 unspecified atom stereocenters. The number of amides is 1. The van der Waals surface area contributed by atoms with Crippen LogP contribution in [0.4, 0.5) is 0 Å². The van der Waals surface area contributed by atoms with Gasteiger partial charge in [-0.2, -0.15) is 5.10 Å². The summed E-state index contributed by atoms with van der Waals surface area (Å²) in [6.07, 6.45) is 10.4. The van der Waals surface area contributed by atoms with Crippen molar-refractivity contribution in [2.24, 2.45) is 11.8 Å². The van der Waals surface area contributed by atoms with E-state index in [0.717, 1.165) is 30.0 Å². The van der Waals surface area contributed by atoms with Gasteiger partial charge in [0.15, 0.2) is 0 Å². The van der Waals surface area contributed by atoms with Crippen molar-refractivity contribution in [3.8, 4) is 0 Å². The zero-order valence-electron chi connectivity index (χ0n) is 14.0. The first kappa shape index (κ1) is 16.0. The number of hydrogen-bond donors (Lipinski definition) is 1. The minimum absolute atomic E-state index is 0.199. The van der Waals surface area contributed by atoms with E-state index in [1.807, 2.05) is 35.0 Å². The van der Waals surface area contributed by atoms with Crippen molar-refractivity contribution in [2.45, 2.75) is 58.4 Å². The van der Waals surface area contributed by atoms with Crippen molar-refractivity contribution in [1.82, 2.24) is 14.9 Å².